The van der Waals surface area contributed by atoms with Crippen LogP contribution in [0.15, 0.2) is 0 Å². The molecule has 1 atom stereocenters. The van der Waals surface area contributed by atoms with Crippen molar-refractivity contribution in [2.75, 3.05) is 26.7 Å². The molecule has 2 heteroatoms. The topological polar surface area (TPSA) is 24.1 Å². The summed E-state index contributed by atoms with van der Waals surface area (Å²) >= 11 is 0. The predicted molar refractivity (Wildman–Crippen MR) is 69.2 cm³/mol. The molecule has 0 spiro atoms. The maximum Gasteiger partial charge on any atom is 0.000509 e. The minimum Gasteiger partial charge on any atom is -0.319 e. The first-order valence-corrected chi connectivity index (χ1v) is 6.29. The normalized spacial score (nSPS) is 14.6. The van der Waals surface area contributed by atoms with Gasteiger partial charge in [-0.15, -0.1) is 0 Å². The summed E-state index contributed by atoms with van der Waals surface area (Å²) in [5, 5.41) is 6.85. The van der Waals surface area contributed by atoms with Crippen LogP contribution in [0.3, 0.4) is 0 Å². The largest absolute Gasteiger partial charge is 0.319 e. The summed E-state index contributed by atoms with van der Waals surface area (Å²) in [6.07, 6.45) is 1.25. The highest BCUT2D eigenvalue weighted by Crippen LogP contribution is 2.24. The quantitative estimate of drug-likeness (QED) is 0.649. The Morgan fingerprint density at radius 3 is 2.13 bits per heavy atom. The molecule has 15 heavy (non-hydrogen) atoms. The van der Waals surface area contributed by atoms with Crippen LogP contribution in [0.5, 0.6) is 0 Å². The monoisotopic (exact) mass is 214 g/mol. The van der Waals surface area contributed by atoms with Crippen LogP contribution in [0.1, 0.15) is 41.0 Å². The molecule has 0 aliphatic heterocycles. The lowest BCUT2D eigenvalue weighted by Gasteiger charge is -2.30. The van der Waals surface area contributed by atoms with Crippen molar-refractivity contribution in [3.05, 3.63) is 0 Å². The van der Waals surface area contributed by atoms with Crippen LogP contribution >= 0.6 is 0 Å². The average molecular weight is 214 g/mol. The van der Waals surface area contributed by atoms with Crippen LogP contribution in [0.25, 0.3) is 0 Å². The van der Waals surface area contributed by atoms with Crippen LogP contribution in [0.2, 0.25) is 0 Å². The molecule has 0 radical (unpaired) electrons. The van der Waals surface area contributed by atoms with Gasteiger partial charge in [-0.3, -0.25) is 0 Å². The van der Waals surface area contributed by atoms with Crippen molar-refractivity contribution in [3.8, 4) is 0 Å². The Bertz CT molecular complexity index is 153. The molecule has 0 aromatic rings. The van der Waals surface area contributed by atoms with Gasteiger partial charge >= 0.3 is 0 Å². The van der Waals surface area contributed by atoms with Crippen molar-refractivity contribution in [1.82, 2.24) is 10.6 Å². The number of hydrogen-bond donors (Lipinski definition) is 2. The molecule has 0 aliphatic carbocycles. The fourth-order valence-electron chi connectivity index (χ4n) is 1.45. The third-order valence-electron chi connectivity index (χ3n) is 3.65. The van der Waals surface area contributed by atoms with E-state index in [4.69, 9.17) is 0 Å². The van der Waals surface area contributed by atoms with E-state index in [1.54, 1.807) is 0 Å². The van der Waals surface area contributed by atoms with E-state index in [1.807, 2.05) is 7.05 Å². The molecule has 1 unspecified atom stereocenters. The van der Waals surface area contributed by atoms with E-state index in [-0.39, 0.29) is 0 Å². The zero-order chi connectivity index (χ0) is 11.9. The second-order valence-corrected chi connectivity index (χ2v) is 5.61. The Labute approximate surface area is 96.2 Å². The van der Waals surface area contributed by atoms with E-state index in [0.29, 0.717) is 5.41 Å². The van der Waals surface area contributed by atoms with Crippen LogP contribution in [0.4, 0.5) is 0 Å². The molecule has 92 valence electrons. The van der Waals surface area contributed by atoms with Crippen LogP contribution in [-0.2, 0) is 0 Å². The molecule has 0 fully saturated rings. The first kappa shape index (κ1) is 14.9. The van der Waals surface area contributed by atoms with E-state index in [9.17, 15) is 0 Å². The van der Waals surface area contributed by atoms with E-state index in [0.717, 1.165) is 31.5 Å². The first-order chi connectivity index (χ1) is 6.94. The molecule has 0 rings (SSSR count). The van der Waals surface area contributed by atoms with E-state index in [1.165, 1.54) is 6.42 Å². The summed E-state index contributed by atoms with van der Waals surface area (Å²) in [7, 11) is 2.03. The second-order valence-electron chi connectivity index (χ2n) is 5.61. The molecule has 0 aromatic heterocycles. The van der Waals surface area contributed by atoms with E-state index >= 15 is 0 Å². The SMILES string of the molecule is CCC(CNC)CNCC(C)(C)C(C)C. The lowest BCUT2D eigenvalue weighted by molar-refractivity contribution is 0.232. The van der Waals surface area contributed by atoms with Crippen molar-refractivity contribution in [1.29, 1.82) is 0 Å². The Balaban J connectivity index is 3.76. The summed E-state index contributed by atoms with van der Waals surface area (Å²) in [6, 6.07) is 0. The Morgan fingerprint density at radius 2 is 1.73 bits per heavy atom. The van der Waals surface area contributed by atoms with Gasteiger partial charge in [-0.1, -0.05) is 41.0 Å². The van der Waals surface area contributed by atoms with Gasteiger partial charge in [0, 0.05) is 6.54 Å². The van der Waals surface area contributed by atoms with Gasteiger partial charge in [-0.05, 0) is 37.4 Å². The zero-order valence-electron chi connectivity index (χ0n) is 11.5. The van der Waals surface area contributed by atoms with Gasteiger partial charge in [0.05, 0.1) is 0 Å². The van der Waals surface area contributed by atoms with Crippen molar-refractivity contribution < 1.29 is 0 Å². The third kappa shape index (κ3) is 6.16. The summed E-state index contributed by atoms with van der Waals surface area (Å²) in [5.41, 5.74) is 0.401. The highest BCUT2D eigenvalue weighted by atomic mass is 14.9. The Kier molecular flexibility index (Phi) is 7.20. The predicted octanol–water partition coefficient (Wildman–Crippen LogP) is 2.50. The average Bonchev–Trinajstić information content (AvgIpc) is 2.16. The van der Waals surface area contributed by atoms with Gasteiger partial charge in [0.25, 0.3) is 0 Å². The van der Waals surface area contributed by atoms with Gasteiger partial charge in [0.2, 0.25) is 0 Å². The van der Waals surface area contributed by atoms with Crippen molar-refractivity contribution in [3.63, 3.8) is 0 Å². The molecule has 0 heterocycles. The maximum atomic E-state index is 3.60. The lowest BCUT2D eigenvalue weighted by Crippen LogP contribution is -2.37. The fraction of sp³-hybridized carbons (Fsp3) is 1.00. The zero-order valence-corrected chi connectivity index (χ0v) is 11.5. The van der Waals surface area contributed by atoms with E-state index in [2.05, 4.69) is 45.3 Å². The smallest absolute Gasteiger partial charge is 0.000509 e. The lowest BCUT2D eigenvalue weighted by atomic mass is 9.81. The van der Waals surface area contributed by atoms with Gasteiger partial charge in [0.15, 0.2) is 0 Å². The second kappa shape index (κ2) is 7.24. The molecule has 0 bridgehead atoms. The Morgan fingerprint density at radius 1 is 1.13 bits per heavy atom. The Hall–Kier alpha value is -0.0800. The highest BCUT2D eigenvalue weighted by molar-refractivity contribution is 4.75. The van der Waals surface area contributed by atoms with E-state index < -0.39 is 0 Å². The molecule has 2 nitrogen and oxygen atoms in total. The molecule has 0 aliphatic rings. The fourth-order valence-corrected chi connectivity index (χ4v) is 1.45. The van der Waals surface area contributed by atoms with Crippen LogP contribution in [0, 0.1) is 17.3 Å². The van der Waals surface area contributed by atoms with Gasteiger partial charge in [0.1, 0.15) is 0 Å². The molecular weight excluding hydrogens is 184 g/mol. The van der Waals surface area contributed by atoms with Crippen LogP contribution in [-0.4, -0.2) is 26.7 Å². The highest BCUT2D eigenvalue weighted by Gasteiger charge is 2.21. The molecule has 2 N–H and O–H groups in total. The van der Waals surface area contributed by atoms with Crippen LogP contribution < -0.4 is 10.6 Å². The third-order valence-corrected chi connectivity index (χ3v) is 3.65. The maximum absolute atomic E-state index is 3.60. The standard InChI is InChI=1S/C13H30N2/c1-7-12(8-14-6)9-15-10-13(4,5)11(2)3/h11-12,14-15H,7-10H2,1-6H3. The molecule has 0 aromatic carbocycles. The summed E-state index contributed by atoms with van der Waals surface area (Å²) in [4.78, 5) is 0. The minimum absolute atomic E-state index is 0.401. The van der Waals surface area contributed by atoms with Gasteiger partial charge in [-0.25, -0.2) is 0 Å². The van der Waals surface area contributed by atoms with Gasteiger partial charge in [-0.2, -0.15) is 0 Å². The summed E-state index contributed by atoms with van der Waals surface area (Å²) < 4.78 is 0. The minimum atomic E-state index is 0.401. The molecular formula is C13H30N2. The number of nitrogens with one attached hydrogen (secondary N) is 2. The molecule has 0 saturated carbocycles. The first-order valence-electron chi connectivity index (χ1n) is 6.29. The van der Waals surface area contributed by atoms with Gasteiger partial charge < -0.3 is 10.6 Å². The van der Waals surface area contributed by atoms with Crippen molar-refractivity contribution in [2.24, 2.45) is 17.3 Å². The summed E-state index contributed by atoms with van der Waals surface area (Å²) in [5.74, 6) is 1.49. The molecule has 0 saturated heterocycles. The van der Waals surface area contributed by atoms with Crippen molar-refractivity contribution >= 4 is 0 Å². The summed E-state index contributed by atoms with van der Waals surface area (Å²) in [6.45, 7) is 14.9. The molecule has 0 amide bonds. The number of hydrogen-bond acceptors (Lipinski definition) is 2. The number of rotatable bonds is 8. The van der Waals surface area contributed by atoms with Crippen molar-refractivity contribution in [2.45, 2.75) is 41.0 Å².